The first-order chi connectivity index (χ1) is 14.9. The third kappa shape index (κ3) is 4.77. The number of hydrogen-bond acceptors (Lipinski definition) is 7. The van der Waals surface area contributed by atoms with Crippen LogP contribution in [-0.2, 0) is 12.6 Å². The number of carbonyl (C=O) groups is 1. The molecule has 0 bridgehead atoms. The number of nitrogens with one attached hydrogen (secondary N) is 1. The first-order valence-corrected chi connectivity index (χ1v) is 9.08. The summed E-state index contributed by atoms with van der Waals surface area (Å²) in [6.45, 7) is 0.222. The van der Waals surface area contributed by atoms with Crippen LogP contribution in [0.1, 0.15) is 22.1 Å². The molecule has 0 saturated carbocycles. The smallest absolute Gasteiger partial charge is 0.352 e. The molecule has 0 spiro atoms. The molecule has 11 heteroatoms. The molecule has 8 nitrogen and oxygen atoms in total. The van der Waals surface area contributed by atoms with E-state index < -0.39 is 18.0 Å². The molecule has 0 aliphatic carbocycles. The second-order valence-corrected chi connectivity index (χ2v) is 6.39. The normalized spacial score (nSPS) is 11.5. The molecule has 31 heavy (non-hydrogen) atoms. The van der Waals surface area contributed by atoms with E-state index in [1.807, 2.05) is 30.3 Å². The maximum Gasteiger partial charge on any atom is 0.471 e. The van der Waals surface area contributed by atoms with Gasteiger partial charge in [0.05, 0.1) is 0 Å². The molecule has 158 valence electrons. The predicted octanol–water partition coefficient (Wildman–Crippen LogP) is 3.78. The van der Waals surface area contributed by atoms with E-state index in [0.717, 1.165) is 5.56 Å². The maximum atomic E-state index is 12.6. The molecule has 4 rings (SSSR count). The fourth-order valence-corrected chi connectivity index (χ4v) is 2.70. The number of rotatable bonds is 6. The van der Waals surface area contributed by atoms with Crippen LogP contribution in [0, 0.1) is 0 Å². The van der Waals surface area contributed by atoms with Crippen LogP contribution in [0.4, 0.5) is 13.2 Å². The van der Waals surface area contributed by atoms with Crippen molar-refractivity contribution in [3.8, 4) is 22.8 Å². The van der Waals surface area contributed by atoms with Crippen molar-refractivity contribution in [3.05, 3.63) is 71.9 Å². The maximum absolute atomic E-state index is 12.6. The summed E-state index contributed by atoms with van der Waals surface area (Å²) in [5, 5.41) is 9.92. The Morgan fingerprint density at radius 1 is 0.903 bits per heavy atom. The summed E-state index contributed by atoms with van der Waals surface area (Å²) in [5.41, 5.74) is 1.26. The van der Waals surface area contributed by atoms with Crippen LogP contribution in [0.5, 0.6) is 0 Å². The van der Waals surface area contributed by atoms with Crippen molar-refractivity contribution in [2.75, 3.05) is 6.54 Å². The van der Waals surface area contributed by atoms with E-state index in [9.17, 15) is 18.0 Å². The summed E-state index contributed by atoms with van der Waals surface area (Å²) in [6, 6.07) is 15.2. The topological polar surface area (TPSA) is 107 Å². The lowest BCUT2D eigenvalue weighted by Gasteiger charge is -2.04. The van der Waals surface area contributed by atoms with Crippen molar-refractivity contribution in [3.63, 3.8) is 0 Å². The van der Waals surface area contributed by atoms with Crippen LogP contribution in [0.2, 0.25) is 0 Å². The highest BCUT2D eigenvalue weighted by Crippen LogP contribution is 2.29. The summed E-state index contributed by atoms with van der Waals surface area (Å²) >= 11 is 0. The predicted molar refractivity (Wildman–Crippen MR) is 101 cm³/mol. The Hall–Kier alpha value is -4.02. The number of aromatic nitrogens is 4. The molecule has 0 radical (unpaired) electrons. The quantitative estimate of drug-likeness (QED) is 0.497. The second-order valence-electron chi connectivity index (χ2n) is 6.39. The third-order valence-electron chi connectivity index (χ3n) is 4.18. The monoisotopic (exact) mass is 429 g/mol. The Morgan fingerprint density at radius 2 is 1.61 bits per heavy atom. The highest BCUT2D eigenvalue weighted by molar-refractivity contribution is 5.95. The van der Waals surface area contributed by atoms with E-state index in [2.05, 4.69) is 30.1 Å². The lowest BCUT2D eigenvalue weighted by Crippen LogP contribution is -2.25. The van der Waals surface area contributed by atoms with E-state index in [1.54, 1.807) is 0 Å². The van der Waals surface area contributed by atoms with Crippen LogP contribution in [0.25, 0.3) is 22.8 Å². The third-order valence-corrected chi connectivity index (χ3v) is 4.18. The highest BCUT2D eigenvalue weighted by Gasteiger charge is 2.38. The molecular formula is C20H14F3N5O3. The number of amides is 1. The minimum absolute atomic E-state index is 0.219. The number of halogens is 3. The molecule has 0 fully saturated rings. The van der Waals surface area contributed by atoms with Gasteiger partial charge in [0.25, 0.3) is 5.91 Å². The van der Waals surface area contributed by atoms with Crippen LogP contribution in [0.3, 0.4) is 0 Å². The second kappa shape index (κ2) is 8.38. The lowest BCUT2D eigenvalue weighted by molar-refractivity contribution is -0.159. The average molecular weight is 429 g/mol. The fourth-order valence-electron chi connectivity index (χ4n) is 2.70. The van der Waals surface area contributed by atoms with Gasteiger partial charge in [-0.15, -0.1) is 0 Å². The van der Waals surface area contributed by atoms with Crippen molar-refractivity contribution in [1.82, 2.24) is 25.6 Å². The van der Waals surface area contributed by atoms with Gasteiger partial charge in [-0.25, -0.2) is 0 Å². The van der Waals surface area contributed by atoms with Crippen LogP contribution >= 0.6 is 0 Å². The number of carbonyl (C=O) groups excluding carboxylic acids is 1. The van der Waals surface area contributed by atoms with Crippen molar-refractivity contribution < 1.29 is 27.0 Å². The van der Waals surface area contributed by atoms with Gasteiger partial charge in [0, 0.05) is 29.7 Å². The summed E-state index contributed by atoms with van der Waals surface area (Å²) in [4.78, 5) is 20.0. The van der Waals surface area contributed by atoms with Crippen molar-refractivity contribution in [2.45, 2.75) is 12.6 Å². The van der Waals surface area contributed by atoms with Gasteiger partial charge in [-0.1, -0.05) is 52.8 Å². The largest absolute Gasteiger partial charge is 0.471 e. The van der Waals surface area contributed by atoms with Crippen molar-refractivity contribution in [1.29, 1.82) is 0 Å². The number of nitrogens with zero attached hydrogens (tertiary/aromatic N) is 4. The molecule has 0 aliphatic rings. The number of hydrogen-bond donors (Lipinski definition) is 1. The zero-order valence-electron chi connectivity index (χ0n) is 15.8. The molecule has 0 aliphatic heterocycles. The number of alkyl halides is 3. The van der Waals surface area contributed by atoms with E-state index in [4.69, 9.17) is 4.52 Å². The van der Waals surface area contributed by atoms with E-state index in [0.29, 0.717) is 18.1 Å². The molecule has 2 heterocycles. The van der Waals surface area contributed by atoms with Crippen molar-refractivity contribution in [2.24, 2.45) is 0 Å². The van der Waals surface area contributed by atoms with E-state index >= 15 is 0 Å². The average Bonchev–Trinajstić information content (AvgIpc) is 3.44. The molecule has 0 atom stereocenters. The molecular weight excluding hydrogens is 415 g/mol. The van der Waals surface area contributed by atoms with Gasteiger partial charge >= 0.3 is 12.1 Å². The first kappa shape index (κ1) is 20.3. The fraction of sp³-hybridized carbons (Fsp3) is 0.150. The van der Waals surface area contributed by atoms with E-state index in [-0.39, 0.29) is 23.5 Å². The van der Waals surface area contributed by atoms with Crippen molar-refractivity contribution >= 4 is 5.91 Å². The van der Waals surface area contributed by atoms with Gasteiger partial charge < -0.3 is 14.4 Å². The van der Waals surface area contributed by atoms with Gasteiger partial charge in [-0.05, 0) is 12.1 Å². The summed E-state index contributed by atoms with van der Waals surface area (Å²) < 4.78 is 47.3. The summed E-state index contributed by atoms with van der Waals surface area (Å²) in [5.74, 6) is -1.33. The van der Waals surface area contributed by atoms with Crippen LogP contribution in [-0.4, -0.2) is 32.7 Å². The van der Waals surface area contributed by atoms with Gasteiger partial charge in [-0.2, -0.15) is 23.1 Å². The molecule has 0 unspecified atom stereocenters. The molecule has 1 amide bonds. The molecule has 4 aromatic rings. The van der Waals surface area contributed by atoms with Gasteiger partial charge in [-0.3, -0.25) is 4.79 Å². The Kier molecular flexibility index (Phi) is 5.48. The SMILES string of the molecule is O=C(NCCc1nc(-c2ccccc2)no1)c1cccc(-c2noc(C(F)(F)F)n2)c1. The highest BCUT2D eigenvalue weighted by atomic mass is 19.4. The minimum Gasteiger partial charge on any atom is -0.352 e. The summed E-state index contributed by atoms with van der Waals surface area (Å²) in [6.07, 6.45) is -4.43. The standard InChI is InChI=1S/C20H14F3N5O3/c21-20(22,23)19-26-17(28-31-19)13-7-4-8-14(11-13)18(29)24-10-9-15-25-16(27-30-15)12-5-2-1-3-6-12/h1-8,11H,9-10H2,(H,24,29). The molecule has 1 N–H and O–H groups in total. The Balaban J connectivity index is 1.37. The van der Waals surface area contributed by atoms with Crippen LogP contribution < -0.4 is 5.32 Å². The Bertz CT molecular complexity index is 1190. The lowest BCUT2D eigenvalue weighted by atomic mass is 10.1. The zero-order chi connectivity index (χ0) is 21.8. The van der Waals surface area contributed by atoms with Gasteiger partial charge in [0.2, 0.25) is 17.5 Å². The Morgan fingerprint density at radius 3 is 2.35 bits per heavy atom. The Labute approximate surface area is 173 Å². The first-order valence-electron chi connectivity index (χ1n) is 9.08. The van der Waals surface area contributed by atoms with Crippen LogP contribution in [0.15, 0.2) is 63.6 Å². The van der Waals surface area contributed by atoms with Gasteiger partial charge in [0.15, 0.2) is 0 Å². The zero-order valence-corrected chi connectivity index (χ0v) is 15.8. The molecule has 2 aromatic carbocycles. The molecule has 2 aromatic heterocycles. The molecule has 0 saturated heterocycles. The minimum atomic E-state index is -4.74. The van der Waals surface area contributed by atoms with E-state index in [1.165, 1.54) is 24.3 Å². The number of benzene rings is 2. The van der Waals surface area contributed by atoms with Gasteiger partial charge in [0.1, 0.15) is 0 Å². The summed E-state index contributed by atoms with van der Waals surface area (Å²) in [7, 11) is 0.